The third-order valence-corrected chi connectivity index (χ3v) is 7.23. The molecule has 0 aliphatic heterocycles. The van der Waals surface area contributed by atoms with E-state index in [2.05, 4.69) is 10.2 Å². The van der Waals surface area contributed by atoms with Gasteiger partial charge in [0.25, 0.3) is 5.69 Å². The second-order valence-electron chi connectivity index (χ2n) is 8.57. The standard InChI is InChI=1S/C26H24ClN5O6S/c1-16-5-4-6-21(11-16)31-17(2)28-29-26(31)39-24(14-30(33)34)19-12-22(27)25(23(13-19)37-3)38-15-18-7-9-20(10-8-18)32(35)36/h4-13,24H,14-15H2,1-3H3/t24-/m0/s1. The van der Waals surface area contributed by atoms with Crippen LogP contribution in [0.5, 0.6) is 11.5 Å². The number of aryl methyl sites for hydroxylation is 2. The number of hydrogen-bond donors (Lipinski definition) is 0. The molecule has 0 saturated heterocycles. The van der Waals surface area contributed by atoms with Gasteiger partial charge in [0.2, 0.25) is 6.54 Å². The molecule has 0 unspecified atom stereocenters. The Bertz CT molecular complexity index is 1510. The van der Waals surface area contributed by atoms with Crippen LogP contribution in [-0.2, 0) is 6.61 Å². The van der Waals surface area contributed by atoms with E-state index < -0.39 is 21.6 Å². The van der Waals surface area contributed by atoms with Crippen molar-refractivity contribution in [2.24, 2.45) is 0 Å². The molecule has 39 heavy (non-hydrogen) atoms. The van der Waals surface area contributed by atoms with Crippen molar-refractivity contribution in [3.8, 4) is 17.2 Å². The van der Waals surface area contributed by atoms with E-state index >= 15 is 0 Å². The minimum atomic E-state index is -0.665. The maximum Gasteiger partial charge on any atom is 0.269 e. The zero-order valence-corrected chi connectivity index (χ0v) is 22.8. The molecule has 11 nitrogen and oxygen atoms in total. The Balaban J connectivity index is 1.62. The van der Waals surface area contributed by atoms with Crippen molar-refractivity contribution >= 4 is 29.1 Å². The lowest BCUT2D eigenvalue weighted by Gasteiger charge is -2.18. The maximum atomic E-state index is 11.6. The summed E-state index contributed by atoms with van der Waals surface area (Å²) in [5.41, 5.74) is 3.12. The molecule has 3 aromatic carbocycles. The van der Waals surface area contributed by atoms with Gasteiger partial charge in [0.05, 0.1) is 17.1 Å². The fraction of sp³-hybridized carbons (Fsp3) is 0.231. The number of rotatable bonds is 11. The summed E-state index contributed by atoms with van der Waals surface area (Å²) >= 11 is 7.78. The molecule has 4 aromatic rings. The zero-order chi connectivity index (χ0) is 28.1. The number of non-ortho nitro benzene ring substituents is 1. The third-order valence-electron chi connectivity index (χ3n) is 5.77. The van der Waals surface area contributed by atoms with Crippen LogP contribution >= 0.6 is 23.4 Å². The predicted octanol–water partition coefficient (Wildman–Crippen LogP) is 6.14. The lowest BCUT2D eigenvalue weighted by Crippen LogP contribution is -2.12. The fourth-order valence-electron chi connectivity index (χ4n) is 3.89. The van der Waals surface area contributed by atoms with E-state index in [1.165, 1.54) is 31.0 Å². The summed E-state index contributed by atoms with van der Waals surface area (Å²) in [6.07, 6.45) is 0. The van der Waals surface area contributed by atoms with Crippen molar-refractivity contribution in [1.82, 2.24) is 14.8 Å². The van der Waals surface area contributed by atoms with Crippen molar-refractivity contribution in [2.45, 2.75) is 30.9 Å². The lowest BCUT2D eigenvalue weighted by atomic mass is 10.1. The number of nitro benzene ring substituents is 1. The minimum absolute atomic E-state index is 0.0264. The Morgan fingerprint density at radius 3 is 2.44 bits per heavy atom. The van der Waals surface area contributed by atoms with Crippen molar-refractivity contribution in [3.05, 3.63) is 108 Å². The van der Waals surface area contributed by atoms with Gasteiger partial charge in [0.1, 0.15) is 17.7 Å². The molecule has 202 valence electrons. The summed E-state index contributed by atoms with van der Waals surface area (Å²) in [6, 6.07) is 17.0. The minimum Gasteiger partial charge on any atom is -0.493 e. The van der Waals surface area contributed by atoms with Crippen LogP contribution in [-0.4, -0.2) is 38.3 Å². The quantitative estimate of drug-likeness (QED) is 0.118. The van der Waals surface area contributed by atoms with Gasteiger partial charge < -0.3 is 9.47 Å². The highest BCUT2D eigenvalue weighted by molar-refractivity contribution is 7.99. The van der Waals surface area contributed by atoms with Crippen LogP contribution in [0.25, 0.3) is 5.69 Å². The molecule has 0 amide bonds. The number of halogens is 1. The van der Waals surface area contributed by atoms with Crippen molar-refractivity contribution in [2.75, 3.05) is 13.7 Å². The van der Waals surface area contributed by atoms with E-state index in [-0.39, 0.29) is 23.1 Å². The first-order valence-corrected chi connectivity index (χ1v) is 12.9. The van der Waals surface area contributed by atoms with Gasteiger partial charge in [-0.2, -0.15) is 0 Å². The highest BCUT2D eigenvalue weighted by Gasteiger charge is 2.26. The van der Waals surface area contributed by atoms with E-state index in [0.29, 0.717) is 27.9 Å². The zero-order valence-electron chi connectivity index (χ0n) is 21.2. The van der Waals surface area contributed by atoms with E-state index in [9.17, 15) is 20.2 Å². The van der Waals surface area contributed by atoms with Gasteiger partial charge >= 0.3 is 0 Å². The van der Waals surface area contributed by atoms with Gasteiger partial charge in [-0.05, 0) is 66.9 Å². The predicted molar refractivity (Wildman–Crippen MR) is 147 cm³/mol. The summed E-state index contributed by atoms with van der Waals surface area (Å²) in [4.78, 5) is 21.6. The smallest absolute Gasteiger partial charge is 0.269 e. The third kappa shape index (κ3) is 6.65. The molecule has 0 fully saturated rings. The summed E-state index contributed by atoms with van der Waals surface area (Å²) in [6.45, 7) is 3.48. The first-order chi connectivity index (χ1) is 18.7. The molecular weight excluding hydrogens is 546 g/mol. The van der Waals surface area contributed by atoms with Gasteiger partial charge in [-0.25, -0.2) is 0 Å². The Kier molecular flexibility index (Phi) is 8.67. The van der Waals surface area contributed by atoms with Crippen LogP contribution in [0.3, 0.4) is 0 Å². The molecule has 0 N–H and O–H groups in total. The fourth-order valence-corrected chi connectivity index (χ4v) is 5.32. The van der Waals surface area contributed by atoms with Crippen molar-refractivity contribution < 1.29 is 19.3 Å². The lowest BCUT2D eigenvalue weighted by molar-refractivity contribution is -0.479. The number of benzene rings is 3. The number of ether oxygens (including phenoxy) is 2. The molecule has 0 aliphatic carbocycles. The van der Waals surface area contributed by atoms with Crippen LogP contribution in [0.15, 0.2) is 65.8 Å². The molecule has 0 saturated carbocycles. The van der Waals surface area contributed by atoms with Gasteiger partial charge in [-0.1, -0.05) is 35.5 Å². The second kappa shape index (κ2) is 12.1. The van der Waals surface area contributed by atoms with Crippen LogP contribution in [0.2, 0.25) is 5.02 Å². The molecule has 0 radical (unpaired) electrons. The molecule has 0 aliphatic rings. The summed E-state index contributed by atoms with van der Waals surface area (Å²) in [7, 11) is 1.45. The Hall–Kier alpha value is -4.16. The Morgan fingerprint density at radius 2 is 1.79 bits per heavy atom. The van der Waals surface area contributed by atoms with Gasteiger partial charge in [-0.3, -0.25) is 24.8 Å². The molecule has 1 atom stereocenters. The van der Waals surface area contributed by atoms with E-state index in [0.717, 1.165) is 11.3 Å². The maximum absolute atomic E-state index is 11.6. The van der Waals surface area contributed by atoms with Crippen molar-refractivity contribution in [3.63, 3.8) is 0 Å². The first-order valence-electron chi connectivity index (χ1n) is 11.7. The van der Waals surface area contributed by atoms with Crippen LogP contribution in [0.4, 0.5) is 5.69 Å². The Labute approximate surface area is 233 Å². The number of thioether (sulfide) groups is 1. The first kappa shape index (κ1) is 27.9. The summed E-state index contributed by atoms with van der Waals surface area (Å²) in [5.74, 6) is 1.20. The highest BCUT2D eigenvalue weighted by Crippen LogP contribution is 2.43. The monoisotopic (exact) mass is 569 g/mol. The molecule has 1 heterocycles. The SMILES string of the molecule is COc1cc([C@H](C[N+](=O)[O-])Sc2nnc(C)n2-c2cccc(C)c2)cc(Cl)c1OCc1ccc([N+](=O)[O-])cc1. The van der Waals surface area contributed by atoms with Gasteiger partial charge in [-0.15, -0.1) is 10.2 Å². The average molecular weight is 570 g/mol. The van der Waals surface area contributed by atoms with Crippen LogP contribution in [0.1, 0.15) is 27.8 Å². The van der Waals surface area contributed by atoms with Gasteiger partial charge in [0, 0.05) is 22.7 Å². The van der Waals surface area contributed by atoms with Gasteiger partial charge in [0.15, 0.2) is 16.7 Å². The number of methoxy groups -OCH3 is 1. The largest absolute Gasteiger partial charge is 0.493 e. The van der Waals surface area contributed by atoms with E-state index in [1.54, 1.807) is 24.3 Å². The highest BCUT2D eigenvalue weighted by atomic mass is 35.5. The molecule has 0 spiro atoms. The summed E-state index contributed by atoms with van der Waals surface area (Å²) < 4.78 is 13.2. The Morgan fingerprint density at radius 1 is 1.05 bits per heavy atom. The van der Waals surface area contributed by atoms with Crippen LogP contribution in [0, 0.1) is 34.1 Å². The molecular formula is C26H24ClN5O6S. The molecule has 4 rings (SSSR count). The second-order valence-corrected chi connectivity index (χ2v) is 10.1. The molecule has 0 bridgehead atoms. The number of nitro groups is 2. The summed E-state index contributed by atoms with van der Waals surface area (Å²) in [5, 5.41) is 31.0. The molecule has 13 heteroatoms. The number of aromatic nitrogens is 3. The van der Waals surface area contributed by atoms with Crippen molar-refractivity contribution in [1.29, 1.82) is 0 Å². The van der Waals surface area contributed by atoms with E-state index in [1.807, 2.05) is 42.7 Å². The normalized spacial score (nSPS) is 11.7. The number of hydrogen-bond acceptors (Lipinski definition) is 9. The van der Waals surface area contributed by atoms with E-state index in [4.69, 9.17) is 21.1 Å². The average Bonchev–Trinajstić information content (AvgIpc) is 3.26. The number of nitrogens with zero attached hydrogens (tertiary/aromatic N) is 5. The topological polar surface area (TPSA) is 135 Å². The molecule has 1 aromatic heterocycles. The van der Waals surface area contributed by atoms with Crippen LogP contribution < -0.4 is 9.47 Å².